The fraction of sp³-hybridized carbons (Fsp3) is 0.261. The zero-order valence-corrected chi connectivity index (χ0v) is 17.3. The first-order valence-corrected chi connectivity index (χ1v) is 9.57. The zero-order valence-electron chi connectivity index (χ0n) is 17.3. The van der Waals surface area contributed by atoms with E-state index < -0.39 is 0 Å². The van der Waals surface area contributed by atoms with Gasteiger partial charge in [0, 0.05) is 11.1 Å². The predicted octanol–water partition coefficient (Wildman–Crippen LogP) is 5.18. The number of nitrogens with zero attached hydrogens (tertiary/aromatic N) is 3. The first-order valence-electron chi connectivity index (χ1n) is 9.57. The third-order valence-corrected chi connectivity index (χ3v) is 4.89. The molecule has 0 radical (unpaired) electrons. The summed E-state index contributed by atoms with van der Waals surface area (Å²) in [4.78, 5) is 17.4. The van der Waals surface area contributed by atoms with Crippen LogP contribution in [-0.2, 0) is 5.41 Å². The van der Waals surface area contributed by atoms with E-state index in [-0.39, 0.29) is 11.3 Å². The molecule has 0 aliphatic heterocycles. The molecule has 0 unspecified atom stereocenters. The molecule has 2 heterocycles. The Bertz CT molecular complexity index is 1210. The molecule has 0 saturated heterocycles. The highest BCUT2D eigenvalue weighted by Gasteiger charge is 2.21. The number of para-hydroxylation sites is 1. The van der Waals surface area contributed by atoms with E-state index in [0.29, 0.717) is 22.7 Å². The molecule has 0 fully saturated rings. The number of carbonyl (C=O) groups excluding carboxylic acids is 1. The average Bonchev–Trinajstić information content (AvgIpc) is 3.25. The van der Waals surface area contributed by atoms with Crippen LogP contribution in [0.25, 0.3) is 16.8 Å². The number of oxazole rings is 1. The van der Waals surface area contributed by atoms with Crippen molar-refractivity contribution < 1.29 is 9.21 Å². The summed E-state index contributed by atoms with van der Waals surface area (Å²) in [5.74, 6) is 0.465. The van der Waals surface area contributed by atoms with Crippen LogP contribution in [0, 0.1) is 13.8 Å². The molecule has 2 aromatic heterocycles. The Labute approximate surface area is 169 Å². The van der Waals surface area contributed by atoms with E-state index in [1.165, 1.54) is 0 Å². The first kappa shape index (κ1) is 18.9. The van der Waals surface area contributed by atoms with Crippen LogP contribution in [0.4, 0.5) is 5.69 Å². The number of aryl methyl sites for hydroxylation is 1. The SMILES string of the molecule is Cc1ccccc1-n1ncc(C(=O)Nc2ccc3oc(C(C)(C)C)nc3c2)c1C. The Kier molecular flexibility index (Phi) is 4.49. The normalized spacial score (nSPS) is 11.8. The van der Waals surface area contributed by atoms with Crippen LogP contribution >= 0.6 is 0 Å². The van der Waals surface area contributed by atoms with Gasteiger partial charge in [-0.1, -0.05) is 39.0 Å². The van der Waals surface area contributed by atoms with Crippen molar-refractivity contribution in [2.24, 2.45) is 0 Å². The molecule has 0 saturated carbocycles. The van der Waals surface area contributed by atoms with Gasteiger partial charge in [0.1, 0.15) is 5.52 Å². The van der Waals surface area contributed by atoms with Crippen molar-refractivity contribution in [1.29, 1.82) is 0 Å². The molecule has 0 bridgehead atoms. The lowest BCUT2D eigenvalue weighted by Crippen LogP contribution is -2.13. The summed E-state index contributed by atoms with van der Waals surface area (Å²) in [6.45, 7) is 10.1. The largest absolute Gasteiger partial charge is 0.440 e. The van der Waals surface area contributed by atoms with Crippen LogP contribution in [0.5, 0.6) is 0 Å². The summed E-state index contributed by atoms with van der Waals surface area (Å²) in [5, 5.41) is 7.36. The highest BCUT2D eigenvalue weighted by molar-refractivity contribution is 6.05. The highest BCUT2D eigenvalue weighted by Crippen LogP contribution is 2.27. The fourth-order valence-corrected chi connectivity index (χ4v) is 3.20. The van der Waals surface area contributed by atoms with Crippen LogP contribution in [0.15, 0.2) is 53.1 Å². The van der Waals surface area contributed by atoms with Crippen LogP contribution < -0.4 is 5.32 Å². The molecule has 4 aromatic rings. The van der Waals surface area contributed by atoms with Crippen molar-refractivity contribution >= 4 is 22.7 Å². The second-order valence-corrected chi connectivity index (χ2v) is 8.25. The van der Waals surface area contributed by atoms with Gasteiger partial charge >= 0.3 is 0 Å². The number of rotatable bonds is 3. The second kappa shape index (κ2) is 6.88. The Hall–Kier alpha value is -3.41. The monoisotopic (exact) mass is 388 g/mol. The maximum atomic E-state index is 12.9. The lowest BCUT2D eigenvalue weighted by atomic mass is 9.97. The van der Waals surface area contributed by atoms with Crippen molar-refractivity contribution in [2.75, 3.05) is 5.32 Å². The van der Waals surface area contributed by atoms with Gasteiger partial charge in [0.05, 0.1) is 23.1 Å². The summed E-state index contributed by atoms with van der Waals surface area (Å²) in [6, 6.07) is 13.4. The molecule has 2 aromatic carbocycles. The summed E-state index contributed by atoms with van der Waals surface area (Å²) in [6.07, 6.45) is 1.60. The van der Waals surface area contributed by atoms with Gasteiger partial charge in [-0.15, -0.1) is 0 Å². The molecule has 1 N–H and O–H groups in total. The summed E-state index contributed by atoms with van der Waals surface area (Å²) in [5.41, 5.74) is 5.29. The number of amides is 1. The Morgan fingerprint density at radius 3 is 2.59 bits per heavy atom. The summed E-state index contributed by atoms with van der Waals surface area (Å²) >= 11 is 0. The van der Waals surface area contributed by atoms with E-state index >= 15 is 0 Å². The number of carbonyl (C=O) groups is 1. The molecule has 0 aliphatic rings. The van der Waals surface area contributed by atoms with Crippen molar-refractivity contribution in [3.05, 3.63) is 71.4 Å². The van der Waals surface area contributed by atoms with E-state index in [4.69, 9.17) is 4.42 Å². The molecular weight excluding hydrogens is 364 g/mol. The molecule has 0 aliphatic carbocycles. The number of aromatic nitrogens is 3. The minimum atomic E-state index is -0.207. The number of benzene rings is 2. The third-order valence-electron chi connectivity index (χ3n) is 4.89. The Morgan fingerprint density at radius 2 is 1.86 bits per heavy atom. The molecular formula is C23H24N4O2. The molecule has 4 rings (SSSR count). The lowest BCUT2D eigenvalue weighted by molar-refractivity contribution is 0.102. The van der Waals surface area contributed by atoms with Gasteiger partial charge in [0.25, 0.3) is 5.91 Å². The summed E-state index contributed by atoms with van der Waals surface area (Å²) in [7, 11) is 0. The number of nitrogens with one attached hydrogen (secondary N) is 1. The van der Waals surface area contributed by atoms with Crippen LogP contribution in [0.3, 0.4) is 0 Å². The van der Waals surface area contributed by atoms with Gasteiger partial charge in [-0.2, -0.15) is 5.10 Å². The standard InChI is InChI=1S/C23H24N4O2/c1-14-8-6-7-9-19(14)27-15(2)17(13-24-27)21(28)25-16-10-11-20-18(12-16)26-22(29-20)23(3,4)5/h6-13H,1-5H3,(H,25,28). The number of anilines is 1. The van der Waals surface area contributed by atoms with Crippen molar-refractivity contribution in [3.8, 4) is 5.69 Å². The highest BCUT2D eigenvalue weighted by atomic mass is 16.3. The molecule has 148 valence electrons. The first-order chi connectivity index (χ1) is 13.7. The Morgan fingerprint density at radius 1 is 1.10 bits per heavy atom. The van der Waals surface area contributed by atoms with Crippen LogP contribution in [0.1, 0.15) is 48.3 Å². The van der Waals surface area contributed by atoms with E-state index in [9.17, 15) is 4.79 Å². The van der Waals surface area contributed by atoms with Crippen LogP contribution in [0.2, 0.25) is 0 Å². The van der Waals surface area contributed by atoms with E-state index in [2.05, 4.69) is 36.2 Å². The van der Waals surface area contributed by atoms with Crippen molar-refractivity contribution in [3.63, 3.8) is 0 Å². The van der Waals surface area contributed by atoms with Crippen LogP contribution in [-0.4, -0.2) is 20.7 Å². The van der Waals surface area contributed by atoms with Crippen molar-refractivity contribution in [2.45, 2.75) is 40.0 Å². The molecule has 6 heteroatoms. The zero-order chi connectivity index (χ0) is 20.8. The number of hydrogen-bond acceptors (Lipinski definition) is 4. The average molecular weight is 388 g/mol. The molecule has 1 amide bonds. The quantitative estimate of drug-likeness (QED) is 0.525. The van der Waals surface area contributed by atoms with E-state index in [0.717, 1.165) is 22.5 Å². The minimum absolute atomic E-state index is 0.177. The number of fused-ring (bicyclic) bond motifs is 1. The maximum Gasteiger partial charge on any atom is 0.259 e. The van der Waals surface area contributed by atoms with Gasteiger partial charge in [-0.25, -0.2) is 9.67 Å². The fourth-order valence-electron chi connectivity index (χ4n) is 3.20. The minimum Gasteiger partial charge on any atom is -0.440 e. The lowest BCUT2D eigenvalue weighted by Gasteiger charge is -2.11. The summed E-state index contributed by atoms with van der Waals surface area (Å²) < 4.78 is 7.61. The van der Waals surface area contributed by atoms with Gasteiger partial charge in [0.2, 0.25) is 5.89 Å². The van der Waals surface area contributed by atoms with Gasteiger partial charge in [-0.3, -0.25) is 4.79 Å². The maximum absolute atomic E-state index is 12.9. The van der Waals surface area contributed by atoms with Gasteiger partial charge in [-0.05, 0) is 43.7 Å². The third kappa shape index (κ3) is 3.53. The van der Waals surface area contributed by atoms with E-state index in [1.54, 1.807) is 10.9 Å². The smallest absolute Gasteiger partial charge is 0.259 e. The molecule has 29 heavy (non-hydrogen) atoms. The molecule has 0 atom stereocenters. The number of hydrogen-bond donors (Lipinski definition) is 1. The topological polar surface area (TPSA) is 73.0 Å². The van der Waals surface area contributed by atoms with Gasteiger partial charge < -0.3 is 9.73 Å². The molecule has 6 nitrogen and oxygen atoms in total. The van der Waals surface area contributed by atoms with Gasteiger partial charge in [0.15, 0.2) is 5.58 Å². The molecule has 0 spiro atoms. The second-order valence-electron chi connectivity index (χ2n) is 8.25. The Balaban J connectivity index is 1.61. The van der Waals surface area contributed by atoms with Crippen molar-refractivity contribution in [1.82, 2.24) is 14.8 Å². The van der Waals surface area contributed by atoms with E-state index in [1.807, 2.05) is 56.3 Å². The predicted molar refractivity (Wildman–Crippen MR) is 114 cm³/mol.